The Balaban J connectivity index is 2.32. The first-order valence-corrected chi connectivity index (χ1v) is 6.31. The predicted molar refractivity (Wildman–Crippen MR) is 74.8 cm³/mol. The summed E-state index contributed by atoms with van der Waals surface area (Å²) < 4.78 is 6.69. The summed E-state index contributed by atoms with van der Waals surface area (Å²) in [6.45, 7) is 1.97. The van der Waals surface area contributed by atoms with Gasteiger partial charge in [0.1, 0.15) is 23.6 Å². The van der Waals surface area contributed by atoms with Crippen LogP contribution in [0.2, 0.25) is 0 Å². The molecule has 0 fully saturated rings. The standard InChI is InChI=1S/C15H9BrN2O/c1-10-6-13(4-5-15(10)16)19-14-3-2-11(8-17)12(7-14)9-18/h2-7H,1H3. The first-order chi connectivity index (χ1) is 9.13. The van der Waals surface area contributed by atoms with Crippen molar-refractivity contribution in [1.29, 1.82) is 10.5 Å². The molecule has 0 amide bonds. The lowest BCUT2D eigenvalue weighted by atomic mass is 10.1. The molecular weight excluding hydrogens is 304 g/mol. The minimum atomic E-state index is 0.314. The molecular formula is C15H9BrN2O. The highest BCUT2D eigenvalue weighted by Crippen LogP contribution is 2.27. The number of nitrogens with zero attached hydrogens (tertiary/aromatic N) is 2. The van der Waals surface area contributed by atoms with E-state index in [1.165, 1.54) is 0 Å². The molecule has 2 rings (SSSR count). The summed E-state index contributed by atoms with van der Waals surface area (Å²) in [5, 5.41) is 17.8. The SMILES string of the molecule is Cc1cc(Oc2ccc(C#N)c(C#N)c2)ccc1Br. The number of nitriles is 2. The van der Waals surface area contributed by atoms with Gasteiger partial charge in [-0.05, 0) is 48.9 Å². The van der Waals surface area contributed by atoms with Gasteiger partial charge in [0.15, 0.2) is 0 Å². The van der Waals surface area contributed by atoms with E-state index in [1.807, 2.05) is 37.3 Å². The summed E-state index contributed by atoms with van der Waals surface area (Å²) in [6.07, 6.45) is 0. The van der Waals surface area contributed by atoms with E-state index in [0.717, 1.165) is 10.0 Å². The van der Waals surface area contributed by atoms with Crippen molar-refractivity contribution in [3.05, 3.63) is 57.6 Å². The van der Waals surface area contributed by atoms with Crippen LogP contribution in [0, 0.1) is 29.6 Å². The van der Waals surface area contributed by atoms with E-state index in [0.29, 0.717) is 22.6 Å². The van der Waals surface area contributed by atoms with Crippen LogP contribution in [0.5, 0.6) is 11.5 Å². The Labute approximate surface area is 119 Å². The average molecular weight is 313 g/mol. The lowest BCUT2D eigenvalue weighted by Crippen LogP contribution is -1.89. The topological polar surface area (TPSA) is 56.8 Å². The van der Waals surface area contributed by atoms with Crippen LogP contribution in [-0.4, -0.2) is 0 Å². The van der Waals surface area contributed by atoms with Gasteiger partial charge in [-0.3, -0.25) is 0 Å². The number of aryl methyl sites for hydroxylation is 1. The van der Waals surface area contributed by atoms with Gasteiger partial charge in [0.25, 0.3) is 0 Å². The molecule has 0 N–H and O–H groups in total. The van der Waals surface area contributed by atoms with Gasteiger partial charge in [0.05, 0.1) is 11.1 Å². The van der Waals surface area contributed by atoms with Crippen LogP contribution in [0.4, 0.5) is 0 Å². The van der Waals surface area contributed by atoms with E-state index in [9.17, 15) is 0 Å². The molecule has 4 heteroatoms. The van der Waals surface area contributed by atoms with Crippen LogP contribution in [-0.2, 0) is 0 Å². The fourth-order valence-corrected chi connectivity index (χ4v) is 1.84. The minimum Gasteiger partial charge on any atom is -0.457 e. The minimum absolute atomic E-state index is 0.314. The van der Waals surface area contributed by atoms with Crippen molar-refractivity contribution >= 4 is 15.9 Å². The molecule has 0 aliphatic rings. The summed E-state index contributed by atoms with van der Waals surface area (Å²) >= 11 is 3.42. The molecule has 0 bridgehead atoms. The van der Waals surface area contributed by atoms with Crippen molar-refractivity contribution in [3.63, 3.8) is 0 Å². The van der Waals surface area contributed by atoms with Crippen LogP contribution in [0.25, 0.3) is 0 Å². The molecule has 0 spiro atoms. The summed E-state index contributed by atoms with van der Waals surface area (Å²) in [4.78, 5) is 0. The second kappa shape index (κ2) is 5.56. The zero-order chi connectivity index (χ0) is 13.8. The molecule has 19 heavy (non-hydrogen) atoms. The molecule has 0 saturated heterocycles. The summed E-state index contributed by atoms with van der Waals surface area (Å²) in [7, 11) is 0. The molecule has 0 aliphatic heterocycles. The van der Waals surface area contributed by atoms with E-state index in [4.69, 9.17) is 15.3 Å². The third kappa shape index (κ3) is 2.93. The lowest BCUT2D eigenvalue weighted by Gasteiger charge is -2.08. The van der Waals surface area contributed by atoms with Crippen molar-refractivity contribution in [1.82, 2.24) is 0 Å². The Morgan fingerprint density at radius 3 is 2.21 bits per heavy atom. The van der Waals surface area contributed by atoms with E-state index in [-0.39, 0.29) is 0 Å². The van der Waals surface area contributed by atoms with Gasteiger partial charge in [-0.15, -0.1) is 0 Å². The third-order valence-electron chi connectivity index (χ3n) is 2.60. The van der Waals surface area contributed by atoms with Crippen molar-refractivity contribution in [3.8, 4) is 23.6 Å². The fourth-order valence-electron chi connectivity index (χ4n) is 1.59. The predicted octanol–water partition coefficient (Wildman–Crippen LogP) is 4.29. The molecule has 0 unspecified atom stereocenters. The number of benzene rings is 2. The monoisotopic (exact) mass is 312 g/mol. The largest absolute Gasteiger partial charge is 0.457 e. The molecule has 3 nitrogen and oxygen atoms in total. The van der Waals surface area contributed by atoms with Gasteiger partial charge in [0.2, 0.25) is 0 Å². The highest BCUT2D eigenvalue weighted by atomic mass is 79.9. The van der Waals surface area contributed by atoms with Gasteiger partial charge in [-0.2, -0.15) is 10.5 Å². The Morgan fingerprint density at radius 1 is 0.947 bits per heavy atom. The van der Waals surface area contributed by atoms with E-state index in [2.05, 4.69) is 15.9 Å². The second-order valence-electron chi connectivity index (χ2n) is 3.94. The molecule has 0 aliphatic carbocycles. The van der Waals surface area contributed by atoms with Crippen LogP contribution >= 0.6 is 15.9 Å². The third-order valence-corrected chi connectivity index (χ3v) is 3.49. The maximum Gasteiger partial charge on any atom is 0.128 e. The molecule has 92 valence electrons. The second-order valence-corrected chi connectivity index (χ2v) is 4.80. The maximum atomic E-state index is 8.96. The zero-order valence-electron chi connectivity index (χ0n) is 10.1. The van der Waals surface area contributed by atoms with E-state index < -0.39 is 0 Å². The van der Waals surface area contributed by atoms with Crippen molar-refractivity contribution in [2.75, 3.05) is 0 Å². The molecule has 0 radical (unpaired) electrons. The Kier molecular flexibility index (Phi) is 3.85. The number of hydrogen-bond acceptors (Lipinski definition) is 3. The van der Waals surface area contributed by atoms with Gasteiger partial charge in [0, 0.05) is 4.47 Å². The van der Waals surface area contributed by atoms with Gasteiger partial charge in [-0.1, -0.05) is 15.9 Å². The van der Waals surface area contributed by atoms with Crippen LogP contribution in [0.15, 0.2) is 40.9 Å². The Bertz CT molecular complexity index is 711. The zero-order valence-corrected chi connectivity index (χ0v) is 11.7. The first kappa shape index (κ1) is 13.1. The van der Waals surface area contributed by atoms with Crippen molar-refractivity contribution < 1.29 is 4.74 Å². The number of rotatable bonds is 2. The molecule has 0 heterocycles. The molecule has 0 saturated carbocycles. The molecule has 2 aromatic carbocycles. The average Bonchev–Trinajstić information content (AvgIpc) is 2.43. The summed E-state index contributed by atoms with van der Waals surface area (Å²) in [5.74, 6) is 1.23. The fraction of sp³-hybridized carbons (Fsp3) is 0.0667. The Hall–Kier alpha value is -2.30. The van der Waals surface area contributed by atoms with E-state index >= 15 is 0 Å². The van der Waals surface area contributed by atoms with Crippen LogP contribution < -0.4 is 4.74 Å². The highest BCUT2D eigenvalue weighted by Gasteiger charge is 2.05. The molecule has 0 aromatic heterocycles. The van der Waals surface area contributed by atoms with Crippen molar-refractivity contribution in [2.45, 2.75) is 6.92 Å². The Morgan fingerprint density at radius 2 is 1.58 bits per heavy atom. The number of ether oxygens (including phenoxy) is 1. The smallest absolute Gasteiger partial charge is 0.128 e. The quantitative estimate of drug-likeness (QED) is 0.831. The van der Waals surface area contributed by atoms with E-state index in [1.54, 1.807) is 18.2 Å². The molecule has 2 aromatic rings. The van der Waals surface area contributed by atoms with Crippen LogP contribution in [0.3, 0.4) is 0 Å². The van der Waals surface area contributed by atoms with Crippen molar-refractivity contribution in [2.24, 2.45) is 0 Å². The van der Waals surface area contributed by atoms with Gasteiger partial charge >= 0.3 is 0 Å². The van der Waals surface area contributed by atoms with Gasteiger partial charge < -0.3 is 4.74 Å². The maximum absolute atomic E-state index is 8.96. The summed E-state index contributed by atoms with van der Waals surface area (Å²) in [6, 6.07) is 14.4. The number of halogens is 1. The number of hydrogen-bond donors (Lipinski definition) is 0. The lowest BCUT2D eigenvalue weighted by molar-refractivity contribution is 0.482. The summed E-state index contributed by atoms with van der Waals surface area (Å²) in [5.41, 5.74) is 1.72. The molecule has 0 atom stereocenters. The van der Waals surface area contributed by atoms with Crippen LogP contribution in [0.1, 0.15) is 16.7 Å². The normalized spacial score (nSPS) is 9.47. The van der Waals surface area contributed by atoms with Gasteiger partial charge in [-0.25, -0.2) is 0 Å². The highest BCUT2D eigenvalue weighted by molar-refractivity contribution is 9.10. The first-order valence-electron chi connectivity index (χ1n) is 5.52.